The van der Waals surface area contributed by atoms with Crippen molar-refractivity contribution < 1.29 is 4.79 Å². The van der Waals surface area contributed by atoms with Gasteiger partial charge >= 0.3 is 6.03 Å². The lowest BCUT2D eigenvalue weighted by atomic mass is 10.2. The van der Waals surface area contributed by atoms with Crippen molar-refractivity contribution in [2.24, 2.45) is 11.7 Å². The second-order valence-electron chi connectivity index (χ2n) is 4.84. The monoisotopic (exact) mass is 211 g/mol. The zero-order valence-corrected chi connectivity index (χ0v) is 9.17. The number of urea groups is 1. The van der Waals surface area contributed by atoms with Gasteiger partial charge in [-0.15, -0.1) is 0 Å². The van der Waals surface area contributed by atoms with Crippen molar-refractivity contribution in [1.82, 2.24) is 10.6 Å². The van der Waals surface area contributed by atoms with Crippen LogP contribution in [0.25, 0.3) is 0 Å². The van der Waals surface area contributed by atoms with Gasteiger partial charge in [0, 0.05) is 18.6 Å². The Labute approximate surface area is 91.0 Å². The molecule has 2 amide bonds. The Hall–Kier alpha value is -0.770. The second-order valence-corrected chi connectivity index (χ2v) is 4.84. The highest BCUT2D eigenvalue weighted by Gasteiger charge is 2.28. The molecule has 1 atom stereocenters. The fraction of sp³-hybridized carbons (Fsp3) is 0.909. The number of amides is 2. The van der Waals surface area contributed by atoms with E-state index in [1.54, 1.807) is 0 Å². The zero-order chi connectivity index (χ0) is 10.7. The van der Waals surface area contributed by atoms with E-state index in [4.69, 9.17) is 5.73 Å². The van der Waals surface area contributed by atoms with Gasteiger partial charge in [-0.2, -0.15) is 0 Å². The molecular formula is C11H21N3O. The summed E-state index contributed by atoms with van der Waals surface area (Å²) in [7, 11) is 0. The van der Waals surface area contributed by atoms with Crippen molar-refractivity contribution >= 4 is 6.03 Å². The summed E-state index contributed by atoms with van der Waals surface area (Å²) in [6, 6.07) is 0.500. The Morgan fingerprint density at radius 1 is 1.27 bits per heavy atom. The highest BCUT2D eigenvalue weighted by molar-refractivity contribution is 5.74. The smallest absolute Gasteiger partial charge is 0.315 e. The van der Waals surface area contributed by atoms with Gasteiger partial charge in [0.25, 0.3) is 0 Å². The van der Waals surface area contributed by atoms with E-state index in [-0.39, 0.29) is 12.1 Å². The molecule has 4 heteroatoms. The van der Waals surface area contributed by atoms with Crippen LogP contribution >= 0.6 is 0 Å². The van der Waals surface area contributed by atoms with Gasteiger partial charge in [-0.05, 0) is 31.6 Å². The molecule has 0 saturated heterocycles. The average molecular weight is 211 g/mol. The molecule has 15 heavy (non-hydrogen) atoms. The van der Waals surface area contributed by atoms with Crippen LogP contribution in [0.4, 0.5) is 4.79 Å². The first-order chi connectivity index (χ1) is 7.25. The number of carbonyl (C=O) groups is 1. The molecule has 0 aromatic rings. The minimum atomic E-state index is -0.0435. The summed E-state index contributed by atoms with van der Waals surface area (Å²) < 4.78 is 0. The Balaban J connectivity index is 1.59. The fourth-order valence-corrected chi connectivity index (χ4v) is 2.21. The van der Waals surface area contributed by atoms with Crippen LogP contribution in [-0.2, 0) is 0 Å². The van der Waals surface area contributed by atoms with E-state index in [2.05, 4.69) is 10.6 Å². The standard InChI is InChI=1S/C11H21N3O/c12-10(8-5-6-8)7-13-11(15)14-9-3-1-2-4-9/h8-10H,1-7,12H2,(H2,13,14,15). The van der Waals surface area contributed by atoms with Gasteiger partial charge in [-0.1, -0.05) is 12.8 Å². The van der Waals surface area contributed by atoms with Crippen LogP contribution < -0.4 is 16.4 Å². The van der Waals surface area contributed by atoms with Crippen LogP contribution in [0.3, 0.4) is 0 Å². The van der Waals surface area contributed by atoms with E-state index in [0.717, 1.165) is 12.8 Å². The summed E-state index contributed by atoms with van der Waals surface area (Å²) in [6.45, 7) is 0.614. The zero-order valence-electron chi connectivity index (χ0n) is 9.17. The first-order valence-electron chi connectivity index (χ1n) is 6.05. The average Bonchev–Trinajstić information content (AvgIpc) is 2.95. The first kappa shape index (κ1) is 10.7. The molecule has 2 aliphatic rings. The molecule has 86 valence electrons. The molecule has 0 aliphatic heterocycles. The minimum absolute atomic E-state index is 0.0435. The normalized spacial score (nSPS) is 23.8. The van der Waals surface area contributed by atoms with Gasteiger partial charge in [-0.3, -0.25) is 0 Å². The van der Waals surface area contributed by atoms with E-state index in [0.29, 0.717) is 18.5 Å². The second kappa shape index (κ2) is 4.84. The molecule has 2 saturated carbocycles. The van der Waals surface area contributed by atoms with Crippen LogP contribution in [0.5, 0.6) is 0 Å². The highest BCUT2D eigenvalue weighted by Crippen LogP contribution is 2.31. The quantitative estimate of drug-likeness (QED) is 0.648. The number of nitrogens with two attached hydrogens (primary N) is 1. The molecule has 2 rings (SSSR count). The predicted octanol–water partition coefficient (Wildman–Crippen LogP) is 0.965. The van der Waals surface area contributed by atoms with Gasteiger partial charge in [-0.25, -0.2) is 4.79 Å². The Morgan fingerprint density at radius 3 is 2.53 bits per heavy atom. The lowest BCUT2D eigenvalue weighted by Gasteiger charge is -2.15. The van der Waals surface area contributed by atoms with Gasteiger partial charge < -0.3 is 16.4 Å². The van der Waals surface area contributed by atoms with Crippen LogP contribution in [0.15, 0.2) is 0 Å². The minimum Gasteiger partial charge on any atom is -0.337 e. The maximum absolute atomic E-state index is 11.5. The van der Waals surface area contributed by atoms with Crippen LogP contribution in [0.2, 0.25) is 0 Å². The van der Waals surface area contributed by atoms with Gasteiger partial charge in [0.2, 0.25) is 0 Å². The molecular weight excluding hydrogens is 190 g/mol. The summed E-state index contributed by atoms with van der Waals surface area (Å²) in [4.78, 5) is 11.5. The summed E-state index contributed by atoms with van der Waals surface area (Å²) >= 11 is 0. The van der Waals surface area contributed by atoms with Crippen molar-refractivity contribution in [3.8, 4) is 0 Å². The van der Waals surface area contributed by atoms with Crippen molar-refractivity contribution in [2.75, 3.05) is 6.54 Å². The third-order valence-corrected chi connectivity index (χ3v) is 3.42. The third kappa shape index (κ3) is 3.38. The summed E-state index contributed by atoms with van der Waals surface area (Å²) in [5.74, 6) is 0.650. The van der Waals surface area contributed by atoms with E-state index in [1.807, 2.05) is 0 Å². The molecule has 2 fully saturated rings. The van der Waals surface area contributed by atoms with Gasteiger partial charge in [0.15, 0.2) is 0 Å². The van der Waals surface area contributed by atoms with Crippen molar-refractivity contribution in [3.63, 3.8) is 0 Å². The number of hydrogen-bond donors (Lipinski definition) is 3. The molecule has 0 radical (unpaired) electrons. The summed E-state index contributed by atoms with van der Waals surface area (Å²) in [5.41, 5.74) is 5.89. The lowest BCUT2D eigenvalue weighted by molar-refractivity contribution is 0.236. The molecule has 0 aromatic heterocycles. The van der Waals surface area contributed by atoms with E-state index in [1.165, 1.54) is 25.7 Å². The molecule has 0 aromatic carbocycles. The highest BCUT2D eigenvalue weighted by atomic mass is 16.2. The summed E-state index contributed by atoms with van der Waals surface area (Å²) in [5, 5.41) is 5.84. The van der Waals surface area contributed by atoms with Crippen LogP contribution in [0.1, 0.15) is 38.5 Å². The molecule has 0 bridgehead atoms. The lowest BCUT2D eigenvalue weighted by Crippen LogP contribution is -2.46. The van der Waals surface area contributed by atoms with Crippen molar-refractivity contribution in [1.29, 1.82) is 0 Å². The molecule has 4 N–H and O–H groups in total. The maximum atomic E-state index is 11.5. The van der Waals surface area contributed by atoms with Crippen molar-refractivity contribution in [3.05, 3.63) is 0 Å². The topological polar surface area (TPSA) is 67.1 Å². The Morgan fingerprint density at radius 2 is 1.93 bits per heavy atom. The SMILES string of the molecule is NC(CNC(=O)NC1CCCC1)C1CC1. The van der Waals surface area contributed by atoms with Gasteiger partial charge in [0.1, 0.15) is 0 Å². The molecule has 4 nitrogen and oxygen atoms in total. The molecule has 2 aliphatic carbocycles. The molecule has 0 heterocycles. The molecule has 0 spiro atoms. The predicted molar refractivity (Wildman–Crippen MR) is 59.5 cm³/mol. The first-order valence-corrected chi connectivity index (χ1v) is 6.05. The summed E-state index contributed by atoms with van der Waals surface area (Å²) in [6.07, 6.45) is 7.20. The maximum Gasteiger partial charge on any atom is 0.315 e. The number of rotatable bonds is 4. The third-order valence-electron chi connectivity index (χ3n) is 3.42. The van der Waals surface area contributed by atoms with Gasteiger partial charge in [0.05, 0.1) is 0 Å². The van der Waals surface area contributed by atoms with E-state index in [9.17, 15) is 4.79 Å². The van der Waals surface area contributed by atoms with E-state index >= 15 is 0 Å². The van der Waals surface area contributed by atoms with Crippen LogP contribution in [-0.4, -0.2) is 24.7 Å². The number of nitrogens with one attached hydrogen (secondary N) is 2. The Bertz CT molecular complexity index is 222. The largest absolute Gasteiger partial charge is 0.337 e. The van der Waals surface area contributed by atoms with Crippen molar-refractivity contribution in [2.45, 2.75) is 50.6 Å². The van der Waals surface area contributed by atoms with Crippen LogP contribution in [0, 0.1) is 5.92 Å². The fourth-order valence-electron chi connectivity index (χ4n) is 2.21. The number of carbonyl (C=O) groups excluding carboxylic acids is 1. The Kier molecular flexibility index (Phi) is 3.46. The van der Waals surface area contributed by atoms with E-state index < -0.39 is 0 Å². The number of hydrogen-bond acceptors (Lipinski definition) is 2. The molecule has 1 unspecified atom stereocenters.